The summed E-state index contributed by atoms with van der Waals surface area (Å²) in [6, 6.07) is 0. The Morgan fingerprint density at radius 2 is 1.90 bits per heavy atom. The summed E-state index contributed by atoms with van der Waals surface area (Å²) in [6.45, 7) is 1.63. The van der Waals surface area contributed by atoms with Gasteiger partial charge >= 0.3 is 29.6 Å². The van der Waals surface area contributed by atoms with Crippen molar-refractivity contribution in [3.63, 3.8) is 0 Å². The Labute approximate surface area is 82.7 Å². The van der Waals surface area contributed by atoms with Gasteiger partial charge in [-0.05, 0) is 6.42 Å². The molecule has 0 aliphatic rings. The van der Waals surface area contributed by atoms with Crippen LogP contribution in [0.5, 0.6) is 0 Å². The molecular formula is C4H11NaO4S. The predicted molar refractivity (Wildman–Crippen MR) is 39.9 cm³/mol. The summed E-state index contributed by atoms with van der Waals surface area (Å²) >= 11 is 0. The van der Waals surface area contributed by atoms with Crippen LogP contribution in [0, 0.1) is 0 Å². The number of aliphatic hydroxyl groups excluding tert-OH is 1. The van der Waals surface area contributed by atoms with E-state index in [1.165, 1.54) is 0 Å². The molecule has 0 aromatic carbocycles. The summed E-state index contributed by atoms with van der Waals surface area (Å²) < 4.78 is 28.1. The van der Waals surface area contributed by atoms with Crippen LogP contribution in [0.1, 0.15) is 13.3 Å². The summed E-state index contributed by atoms with van der Waals surface area (Å²) in [5.74, 6) is -0.566. The second-order valence-electron chi connectivity index (χ2n) is 1.81. The number of rotatable bonds is 3. The van der Waals surface area contributed by atoms with E-state index in [9.17, 15) is 8.42 Å². The van der Waals surface area contributed by atoms with Gasteiger partial charge in [-0.3, -0.25) is 4.55 Å². The van der Waals surface area contributed by atoms with Crippen LogP contribution < -0.4 is 0 Å². The van der Waals surface area contributed by atoms with Gasteiger partial charge in [0.05, 0.1) is 6.10 Å². The zero-order chi connectivity index (χ0) is 7.49. The molecule has 2 N–H and O–H groups in total. The molecular weight excluding hydrogens is 167 g/mol. The zero-order valence-electron chi connectivity index (χ0n) is 5.11. The molecule has 0 rings (SSSR count). The molecule has 1 atom stereocenters. The van der Waals surface area contributed by atoms with Gasteiger partial charge < -0.3 is 5.11 Å². The van der Waals surface area contributed by atoms with Gasteiger partial charge in [0.2, 0.25) is 0 Å². The van der Waals surface area contributed by atoms with E-state index >= 15 is 0 Å². The Morgan fingerprint density at radius 1 is 1.50 bits per heavy atom. The van der Waals surface area contributed by atoms with E-state index in [-0.39, 0.29) is 29.6 Å². The van der Waals surface area contributed by atoms with Crippen LogP contribution in [0.4, 0.5) is 0 Å². The summed E-state index contributed by atoms with van der Waals surface area (Å²) in [7, 11) is -3.99. The average Bonchev–Trinajstić information content (AvgIpc) is 1.62. The molecule has 4 nitrogen and oxygen atoms in total. The normalized spacial score (nSPS) is 13.9. The number of aliphatic hydroxyl groups is 1. The van der Waals surface area contributed by atoms with Crippen LogP contribution in [0.25, 0.3) is 0 Å². The van der Waals surface area contributed by atoms with Gasteiger partial charge in [0.1, 0.15) is 5.75 Å². The summed E-state index contributed by atoms with van der Waals surface area (Å²) in [5.41, 5.74) is 0. The molecule has 58 valence electrons. The molecule has 10 heavy (non-hydrogen) atoms. The van der Waals surface area contributed by atoms with E-state index in [2.05, 4.69) is 0 Å². The number of hydrogen-bond donors (Lipinski definition) is 2. The molecule has 0 aliphatic carbocycles. The molecule has 0 aromatic rings. The molecule has 0 aromatic heterocycles. The molecule has 0 radical (unpaired) electrons. The minimum atomic E-state index is -3.99. The molecule has 1 unspecified atom stereocenters. The second kappa shape index (κ2) is 5.51. The fourth-order valence-corrected chi connectivity index (χ4v) is 1.08. The molecule has 0 fully saturated rings. The third-order valence-electron chi connectivity index (χ3n) is 0.874. The van der Waals surface area contributed by atoms with Crippen molar-refractivity contribution in [2.45, 2.75) is 19.4 Å². The second-order valence-corrected chi connectivity index (χ2v) is 3.31. The first-order valence-electron chi connectivity index (χ1n) is 2.59. The van der Waals surface area contributed by atoms with Gasteiger partial charge in [0, 0.05) is 0 Å². The molecule has 0 bridgehead atoms. The van der Waals surface area contributed by atoms with E-state index < -0.39 is 22.0 Å². The first kappa shape index (κ1) is 13.5. The van der Waals surface area contributed by atoms with Gasteiger partial charge in [-0.1, -0.05) is 6.92 Å². The minimum absolute atomic E-state index is 0. The van der Waals surface area contributed by atoms with Crippen LogP contribution in [0.2, 0.25) is 0 Å². The molecule has 0 spiro atoms. The van der Waals surface area contributed by atoms with E-state index in [1.807, 2.05) is 0 Å². The Balaban J connectivity index is 0. The maximum absolute atomic E-state index is 10.00. The van der Waals surface area contributed by atoms with Crippen LogP contribution in [-0.4, -0.2) is 59.5 Å². The van der Waals surface area contributed by atoms with Crippen molar-refractivity contribution in [3.8, 4) is 0 Å². The average molecular weight is 178 g/mol. The third kappa shape index (κ3) is 8.87. The Kier molecular flexibility index (Phi) is 7.42. The summed E-state index contributed by atoms with van der Waals surface area (Å²) in [5, 5.41) is 8.65. The van der Waals surface area contributed by atoms with Crippen LogP contribution in [-0.2, 0) is 10.1 Å². The van der Waals surface area contributed by atoms with Crippen molar-refractivity contribution in [1.29, 1.82) is 0 Å². The first-order chi connectivity index (χ1) is 3.95. The zero-order valence-corrected chi connectivity index (χ0v) is 5.93. The first-order valence-corrected chi connectivity index (χ1v) is 4.20. The standard InChI is InChI=1S/C4H10O4S.Na.H/c1-2-4(5)3-9(6,7)8;;/h4-5H,2-3H2,1H3,(H,6,7,8);;. The van der Waals surface area contributed by atoms with Crippen molar-refractivity contribution >= 4 is 39.7 Å². The Bertz CT molecular complexity index is 164. The van der Waals surface area contributed by atoms with E-state index in [4.69, 9.17) is 9.66 Å². The van der Waals surface area contributed by atoms with E-state index in [1.54, 1.807) is 6.92 Å². The molecule has 0 saturated carbocycles. The molecule has 0 saturated heterocycles. The van der Waals surface area contributed by atoms with Gasteiger partial charge in [-0.15, -0.1) is 0 Å². The number of hydrogen-bond acceptors (Lipinski definition) is 3. The topological polar surface area (TPSA) is 74.6 Å². The summed E-state index contributed by atoms with van der Waals surface area (Å²) in [6.07, 6.45) is -0.611. The van der Waals surface area contributed by atoms with Gasteiger partial charge in [0.15, 0.2) is 0 Å². The molecule has 0 aliphatic heterocycles. The molecule has 0 heterocycles. The van der Waals surface area contributed by atoms with E-state index in [0.29, 0.717) is 6.42 Å². The third-order valence-corrected chi connectivity index (χ3v) is 1.68. The predicted octanol–water partition coefficient (Wildman–Crippen LogP) is -1.00. The van der Waals surface area contributed by atoms with Crippen molar-refractivity contribution in [3.05, 3.63) is 0 Å². The SMILES string of the molecule is CCC(O)CS(=O)(=O)O.[NaH]. The monoisotopic (exact) mass is 178 g/mol. The van der Waals surface area contributed by atoms with Crippen molar-refractivity contribution < 1.29 is 18.1 Å². The van der Waals surface area contributed by atoms with Crippen LogP contribution in [0.3, 0.4) is 0 Å². The summed E-state index contributed by atoms with van der Waals surface area (Å²) in [4.78, 5) is 0. The molecule has 0 amide bonds. The van der Waals surface area contributed by atoms with Crippen molar-refractivity contribution in [1.82, 2.24) is 0 Å². The quantitative estimate of drug-likeness (QED) is 0.429. The van der Waals surface area contributed by atoms with Crippen molar-refractivity contribution in [2.24, 2.45) is 0 Å². The van der Waals surface area contributed by atoms with Crippen LogP contribution >= 0.6 is 0 Å². The Hall–Kier alpha value is 0.870. The fourth-order valence-electron chi connectivity index (χ4n) is 0.361. The van der Waals surface area contributed by atoms with Crippen molar-refractivity contribution in [2.75, 3.05) is 5.75 Å². The fraction of sp³-hybridized carbons (Fsp3) is 1.00. The van der Waals surface area contributed by atoms with Gasteiger partial charge in [0.25, 0.3) is 10.1 Å². The Morgan fingerprint density at radius 3 is 2.00 bits per heavy atom. The van der Waals surface area contributed by atoms with Gasteiger partial charge in [-0.2, -0.15) is 8.42 Å². The van der Waals surface area contributed by atoms with Gasteiger partial charge in [-0.25, -0.2) is 0 Å². The van der Waals surface area contributed by atoms with E-state index in [0.717, 1.165) is 0 Å². The van der Waals surface area contributed by atoms with Crippen LogP contribution in [0.15, 0.2) is 0 Å². The maximum atomic E-state index is 10.00. The molecule has 6 heteroatoms.